The van der Waals surface area contributed by atoms with E-state index in [2.05, 4.69) is 0 Å². The van der Waals surface area contributed by atoms with Crippen molar-refractivity contribution >= 4 is 41.6 Å². The topological polar surface area (TPSA) is 55.8 Å². The normalized spacial score (nSPS) is 20.3. The third-order valence-electron chi connectivity index (χ3n) is 1.52. The molecule has 0 spiro atoms. The first-order chi connectivity index (χ1) is 6.61. The zero-order valence-corrected chi connectivity index (χ0v) is 9.76. The van der Waals surface area contributed by atoms with Crippen LogP contribution in [0.15, 0.2) is 10.1 Å². The van der Waals surface area contributed by atoms with Gasteiger partial charge >= 0.3 is 19.1 Å². The standard InChI is InChI=1S/C7H9BINO4/c1-10-4-6(11)13-8(2-3-9)14-7(12)5-10/h2-3H,4-5H2,1H3/b3-2-. The zero-order valence-electron chi connectivity index (χ0n) is 7.60. The number of halogens is 1. The molecule has 0 amide bonds. The van der Waals surface area contributed by atoms with E-state index in [0.29, 0.717) is 0 Å². The van der Waals surface area contributed by atoms with Crippen molar-refractivity contribution in [2.75, 3.05) is 20.1 Å². The first kappa shape index (κ1) is 11.5. The van der Waals surface area contributed by atoms with Gasteiger partial charge in [-0.2, -0.15) is 0 Å². The Bertz CT molecular complexity index is 250. The van der Waals surface area contributed by atoms with E-state index in [9.17, 15) is 9.59 Å². The van der Waals surface area contributed by atoms with Crippen molar-refractivity contribution in [3.63, 3.8) is 0 Å². The Morgan fingerprint density at radius 1 is 1.36 bits per heavy atom. The number of carbonyl (C=O) groups is 2. The molecule has 0 unspecified atom stereocenters. The molecule has 0 saturated carbocycles. The lowest BCUT2D eigenvalue weighted by Crippen LogP contribution is -2.41. The van der Waals surface area contributed by atoms with Gasteiger partial charge in [-0.15, -0.1) is 0 Å². The number of rotatable bonds is 1. The highest BCUT2D eigenvalue weighted by atomic mass is 127. The molecule has 1 saturated heterocycles. The third kappa shape index (κ3) is 3.66. The molecule has 1 fully saturated rings. The Morgan fingerprint density at radius 3 is 2.29 bits per heavy atom. The molecule has 1 aliphatic rings. The van der Waals surface area contributed by atoms with Crippen LogP contribution in [0.3, 0.4) is 0 Å². The first-order valence-corrected chi connectivity index (χ1v) is 5.21. The molecular formula is C7H9BINO4. The second-order valence-electron chi connectivity index (χ2n) is 2.84. The van der Waals surface area contributed by atoms with Gasteiger partial charge in [0.15, 0.2) is 0 Å². The molecule has 0 aromatic heterocycles. The molecule has 0 aliphatic carbocycles. The van der Waals surface area contributed by atoms with Gasteiger partial charge in [-0.1, -0.05) is 22.6 Å². The van der Waals surface area contributed by atoms with Crippen molar-refractivity contribution in [1.29, 1.82) is 0 Å². The van der Waals surface area contributed by atoms with Gasteiger partial charge in [0.1, 0.15) is 0 Å². The molecule has 7 heteroatoms. The highest BCUT2D eigenvalue weighted by Crippen LogP contribution is 2.02. The number of likely N-dealkylation sites (N-methyl/N-ethyl adjacent to an activating group) is 1. The van der Waals surface area contributed by atoms with Gasteiger partial charge in [0.05, 0.1) is 13.1 Å². The van der Waals surface area contributed by atoms with Crippen LogP contribution in [0.25, 0.3) is 0 Å². The zero-order chi connectivity index (χ0) is 10.6. The number of nitrogens with zero attached hydrogens (tertiary/aromatic N) is 1. The van der Waals surface area contributed by atoms with E-state index in [4.69, 9.17) is 9.31 Å². The van der Waals surface area contributed by atoms with Crippen molar-refractivity contribution in [3.05, 3.63) is 10.1 Å². The van der Waals surface area contributed by atoms with Gasteiger partial charge in [-0.05, 0) is 17.1 Å². The molecule has 5 nitrogen and oxygen atoms in total. The fraction of sp³-hybridized carbons (Fsp3) is 0.429. The SMILES string of the molecule is CN1CC(=O)OB(/C=C\I)OC(=O)C1. The van der Waals surface area contributed by atoms with Crippen molar-refractivity contribution in [3.8, 4) is 0 Å². The molecule has 0 aromatic rings. The van der Waals surface area contributed by atoms with Gasteiger partial charge in [0, 0.05) is 0 Å². The fourth-order valence-corrected chi connectivity index (χ4v) is 1.33. The van der Waals surface area contributed by atoms with E-state index >= 15 is 0 Å². The first-order valence-electron chi connectivity index (χ1n) is 3.96. The Morgan fingerprint density at radius 2 is 1.86 bits per heavy atom. The van der Waals surface area contributed by atoms with Crippen LogP contribution in [0.5, 0.6) is 0 Å². The van der Waals surface area contributed by atoms with Crippen LogP contribution in [0.2, 0.25) is 0 Å². The Hall–Kier alpha value is -0.565. The van der Waals surface area contributed by atoms with E-state index in [-0.39, 0.29) is 13.1 Å². The van der Waals surface area contributed by atoms with Crippen molar-refractivity contribution < 1.29 is 18.9 Å². The van der Waals surface area contributed by atoms with Crippen LogP contribution in [0, 0.1) is 0 Å². The summed E-state index contributed by atoms with van der Waals surface area (Å²) in [7, 11) is 0.761. The van der Waals surface area contributed by atoms with E-state index < -0.39 is 19.1 Å². The molecule has 1 rings (SSSR count). The Labute approximate surface area is 95.7 Å². The molecular weight excluding hydrogens is 300 g/mol. The second kappa shape index (κ2) is 5.35. The summed E-state index contributed by atoms with van der Waals surface area (Å²) >= 11 is 1.96. The molecule has 0 bridgehead atoms. The monoisotopic (exact) mass is 309 g/mol. The quantitative estimate of drug-likeness (QED) is 0.504. The predicted molar refractivity (Wildman–Crippen MR) is 58.6 cm³/mol. The summed E-state index contributed by atoms with van der Waals surface area (Å²) in [4.78, 5) is 23.8. The average molecular weight is 309 g/mol. The lowest BCUT2D eigenvalue weighted by atomic mass is 9.90. The summed E-state index contributed by atoms with van der Waals surface area (Å²) in [6.07, 6.45) is 0. The largest absolute Gasteiger partial charge is 0.629 e. The Balaban J connectivity index is 2.65. The summed E-state index contributed by atoms with van der Waals surface area (Å²) in [5.41, 5.74) is 0. The maximum absolute atomic E-state index is 11.1. The minimum atomic E-state index is -0.888. The van der Waals surface area contributed by atoms with Gasteiger partial charge in [-0.3, -0.25) is 14.5 Å². The van der Waals surface area contributed by atoms with Crippen LogP contribution < -0.4 is 0 Å². The molecule has 0 radical (unpaired) electrons. The minimum Gasteiger partial charge on any atom is -0.495 e. The minimum absolute atomic E-state index is 0.0979. The van der Waals surface area contributed by atoms with Gasteiger partial charge in [0.25, 0.3) is 0 Å². The average Bonchev–Trinajstić information content (AvgIpc) is 2.00. The number of carbonyl (C=O) groups excluding carboxylic acids is 2. The van der Waals surface area contributed by atoms with E-state index in [1.165, 1.54) is 10.9 Å². The molecule has 0 N–H and O–H groups in total. The van der Waals surface area contributed by atoms with Crippen molar-refractivity contribution in [2.45, 2.75) is 0 Å². The van der Waals surface area contributed by atoms with E-state index in [0.717, 1.165) is 0 Å². The summed E-state index contributed by atoms with van der Waals surface area (Å²) in [6, 6.07) is 0. The molecule has 1 heterocycles. The van der Waals surface area contributed by atoms with Gasteiger partial charge in [-0.25, -0.2) is 0 Å². The summed E-state index contributed by atoms with van der Waals surface area (Å²) < 4.78 is 11.3. The van der Waals surface area contributed by atoms with E-state index in [1.807, 2.05) is 22.6 Å². The maximum Gasteiger partial charge on any atom is 0.629 e. The van der Waals surface area contributed by atoms with Gasteiger partial charge in [0.2, 0.25) is 0 Å². The van der Waals surface area contributed by atoms with Crippen LogP contribution in [0.4, 0.5) is 0 Å². The number of hydrogen-bond acceptors (Lipinski definition) is 5. The molecule has 0 atom stereocenters. The van der Waals surface area contributed by atoms with Crippen LogP contribution >= 0.6 is 22.6 Å². The lowest BCUT2D eigenvalue weighted by molar-refractivity contribution is -0.145. The van der Waals surface area contributed by atoms with Crippen molar-refractivity contribution in [1.82, 2.24) is 4.90 Å². The predicted octanol–water partition coefficient (Wildman–Crippen LogP) is -0.00570. The molecule has 1 aliphatic heterocycles. The molecule has 0 aromatic carbocycles. The van der Waals surface area contributed by atoms with E-state index in [1.54, 1.807) is 11.1 Å². The number of hydrogen-bond donors (Lipinski definition) is 0. The third-order valence-corrected chi connectivity index (χ3v) is 1.94. The van der Waals surface area contributed by atoms with Gasteiger partial charge < -0.3 is 9.31 Å². The summed E-state index contributed by atoms with van der Waals surface area (Å²) in [5, 5.41) is 0. The van der Waals surface area contributed by atoms with Crippen LogP contribution in [0.1, 0.15) is 0 Å². The molecule has 14 heavy (non-hydrogen) atoms. The fourth-order valence-electron chi connectivity index (χ4n) is 0.992. The van der Waals surface area contributed by atoms with Crippen LogP contribution in [-0.2, 0) is 18.9 Å². The van der Waals surface area contributed by atoms with Crippen molar-refractivity contribution in [2.24, 2.45) is 0 Å². The smallest absolute Gasteiger partial charge is 0.495 e. The second-order valence-corrected chi connectivity index (χ2v) is 3.56. The summed E-state index contributed by atoms with van der Waals surface area (Å²) in [5.74, 6) is 0.695. The molecule has 76 valence electrons. The maximum atomic E-state index is 11.1. The van der Waals surface area contributed by atoms with Crippen LogP contribution in [-0.4, -0.2) is 44.1 Å². The lowest BCUT2D eigenvalue weighted by Gasteiger charge is -2.20. The highest BCUT2D eigenvalue weighted by molar-refractivity contribution is 14.1. The Kier molecular flexibility index (Phi) is 4.40. The highest BCUT2D eigenvalue weighted by Gasteiger charge is 2.28. The summed E-state index contributed by atoms with van der Waals surface area (Å²) in [6.45, 7) is 0.196.